The average Bonchev–Trinajstić information content (AvgIpc) is 2.38. The molecule has 0 aliphatic rings. The van der Waals surface area contributed by atoms with Crippen LogP contribution in [-0.2, 0) is 6.54 Å². The molecule has 1 aromatic carbocycles. The number of hydrogen-bond donors (Lipinski definition) is 2. The van der Waals surface area contributed by atoms with Crippen molar-refractivity contribution in [2.75, 3.05) is 30.0 Å². The first-order chi connectivity index (χ1) is 9.08. The van der Waals surface area contributed by atoms with Gasteiger partial charge in [0.2, 0.25) is 5.95 Å². The van der Waals surface area contributed by atoms with Gasteiger partial charge >= 0.3 is 0 Å². The maximum atomic E-state index is 13.1. The number of aromatic nitrogens is 2. The SMILES string of the molecule is CNc1cc(N(C)Cc2cccc(F)c2)nc(N)n1. The molecule has 0 spiro atoms. The molecule has 100 valence electrons. The smallest absolute Gasteiger partial charge is 0.223 e. The van der Waals surface area contributed by atoms with E-state index in [-0.39, 0.29) is 11.8 Å². The highest BCUT2D eigenvalue weighted by Gasteiger charge is 2.07. The highest BCUT2D eigenvalue weighted by Crippen LogP contribution is 2.17. The van der Waals surface area contributed by atoms with E-state index >= 15 is 0 Å². The minimum atomic E-state index is -0.246. The molecule has 6 heteroatoms. The van der Waals surface area contributed by atoms with Crippen LogP contribution in [0, 0.1) is 5.82 Å². The summed E-state index contributed by atoms with van der Waals surface area (Å²) in [6.07, 6.45) is 0. The van der Waals surface area contributed by atoms with Crippen molar-refractivity contribution in [3.05, 3.63) is 41.7 Å². The lowest BCUT2D eigenvalue weighted by atomic mass is 10.2. The second-order valence-electron chi connectivity index (χ2n) is 4.21. The number of nitrogens with zero attached hydrogens (tertiary/aromatic N) is 3. The van der Waals surface area contributed by atoms with E-state index < -0.39 is 0 Å². The summed E-state index contributed by atoms with van der Waals surface area (Å²) in [6.45, 7) is 0.539. The second kappa shape index (κ2) is 5.51. The molecule has 1 heterocycles. The first-order valence-electron chi connectivity index (χ1n) is 5.86. The Morgan fingerprint density at radius 3 is 2.79 bits per heavy atom. The van der Waals surface area contributed by atoms with Crippen LogP contribution >= 0.6 is 0 Å². The van der Waals surface area contributed by atoms with Crippen molar-refractivity contribution in [3.63, 3.8) is 0 Å². The zero-order valence-corrected chi connectivity index (χ0v) is 10.9. The Bertz CT molecular complexity index is 573. The Labute approximate surface area is 111 Å². The van der Waals surface area contributed by atoms with Gasteiger partial charge in [-0.3, -0.25) is 0 Å². The molecule has 19 heavy (non-hydrogen) atoms. The van der Waals surface area contributed by atoms with Gasteiger partial charge in [0.05, 0.1) is 0 Å². The van der Waals surface area contributed by atoms with E-state index in [9.17, 15) is 4.39 Å². The largest absolute Gasteiger partial charge is 0.373 e. The van der Waals surface area contributed by atoms with Gasteiger partial charge in [0, 0.05) is 26.7 Å². The zero-order valence-electron chi connectivity index (χ0n) is 10.9. The third kappa shape index (κ3) is 3.31. The van der Waals surface area contributed by atoms with Crippen LogP contribution in [0.5, 0.6) is 0 Å². The Morgan fingerprint density at radius 2 is 2.11 bits per heavy atom. The standard InChI is InChI=1S/C13H16FN5/c1-16-11-7-12(18-13(15)17-11)19(2)8-9-4-3-5-10(14)6-9/h3-7H,8H2,1-2H3,(H3,15,16,17,18). The number of halogens is 1. The lowest BCUT2D eigenvalue weighted by Gasteiger charge is -2.19. The van der Waals surface area contributed by atoms with Crippen LogP contribution < -0.4 is 16.0 Å². The predicted octanol–water partition coefficient (Wildman–Crippen LogP) is 1.88. The fourth-order valence-electron chi connectivity index (χ4n) is 1.77. The third-order valence-electron chi connectivity index (χ3n) is 2.69. The monoisotopic (exact) mass is 261 g/mol. The van der Waals surface area contributed by atoms with Gasteiger partial charge in [0.25, 0.3) is 0 Å². The van der Waals surface area contributed by atoms with Gasteiger partial charge in [-0.25, -0.2) is 4.39 Å². The van der Waals surface area contributed by atoms with E-state index in [4.69, 9.17) is 5.73 Å². The van der Waals surface area contributed by atoms with Crippen LogP contribution in [0.1, 0.15) is 5.56 Å². The molecule has 0 unspecified atom stereocenters. The third-order valence-corrected chi connectivity index (χ3v) is 2.69. The second-order valence-corrected chi connectivity index (χ2v) is 4.21. The first kappa shape index (κ1) is 13.1. The average molecular weight is 261 g/mol. The summed E-state index contributed by atoms with van der Waals surface area (Å²) in [6, 6.07) is 8.26. The summed E-state index contributed by atoms with van der Waals surface area (Å²) in [5.74, 6) is 1.28. The van der Waals surface area contributed by atoms with Crippen LogP contribution in [0.4, 0.5) is 22.0 Å². The first-order valence-corrected chi connectivity index (χ1v) is 5.86. The quantitative estimate of drug-likeness (QED) is 0.879. The lowest BCUT2D eigenvalue weighted by Crippen LogP contribution is -2.19. The van der Waals surface area contributed by atoms with Crippen molar-refractivity contribution in [1.82, 2.24) is 9.97 Å². The summed E-state index contributed by atoms with van der Waals surface area (Å²) >= 11 is 0. The Kier molecular flexibility index (Phi) is 3.79. The van der Waals surface area contributed by atoms with Crippen molar-refractivity contribution >= 4 is 17.6 Å². The molecule has 0 saturated heterocycles. The summed E-state index contributed by atoms with van der Waals surface area (Å²) in [5, 5.41) is 2.92. The van der Waals surface area contributed by atoms with E-state index in [1.165, 1.54) is 12.1 Å². The fourth-order valence-corrected chi connectivity index (χ4v) is 1.77. The van der Waals surface area contributed by atoms with Crippen molar-refractivity contribution in [2.24, 2.45) is 0 Å². The van der Waals surface area contributed by atoms with Gasteiger partial charge in [-0.2, -0.15) is 9.97 Å². The van der Waals surface area contributed by atoms with E-state index in [1.807, 2.05) is 18.0 Å². The number of rotatable bonds is 4. The normalized spacial score (nSPS) is 10.3. The highest BCUT2D eigenvalue weighted by molar-refractivity contribution is 5.52. The van der Waals surface area contributed by atoms with Gasteiger partial charge in [-0.15, -0.1) is 0 Å². The number of nitrogens with one attached hydrogen (secondary N) is 1. The molecular formula is C13H16FN5. The van der Waals surface area contributed by atoms with Crippen LogP contribution in [0.2, 0.25) is 0 Å². The van der Waals surface area contributed by atoms with Gasteiger partial charge < -0.3 is 16.0 Å². The molecular weight excluding hydrogens is 245 g/mol. The van der Waals surface area contributed by atoms with Crippen LogP contribution in [0.3, 0.4) is 0 Å². The van der Waals surface area contributed by atoms with E-state index in [0.29, 0.717) is 18.2 Å². The molecule has 0 atom stereocenters. The number of anilines is 3. The van der Waals surface area contributed by atoms with Crippen LogP contribution in [0.15, 0.2) is 30.3 Å². The molecule has 0 aliphatic heterocycles. The minimum absolute atomic E-state index is 0.202. The summed E-state index contributed by atoms with van der Waals surface area (Å²) in [4.78, 5) is 10.1. The fraction of sp³-hybridized carbons (Fsp3) is 0.231. The number of nitrogens with two attached hydrogens (primary N) is 1. The highest BCUT2D eigenvalue weighted by atomic mass is 19.1. The van der Waals surface area contributed by atoms with Gasteiger partial charge in [0.1, 0.15) is 17.5 Å². The minimum Gasteiger partial charge on any atom is -0.373 e. The summed E-state index contributed by atoms with van der Waals surface area (Å²) in [7, 11) is 3.63. The van der Waals surface area contributed by atoms with Gasteiger partial charge in [0.15, 0.2) is 0 Å². The maximum absolute atomic E-state index is 13.1. The molecule has 2 aromatic rings. The molecule has 1 aromatic heterocycles. The Morgan fingerprint density at radius 1 is 1.32 bits per heavy atom. The van der Waals surface area contributed by atoms with Crippen LogP contribution in [-0.4, -0.2) is 24.1 Å². The molecule has 2 rings (SSSR count). The van der Waals surface area contributed by atoms with Crippen molar-refractivity contribution < 1.29 is 4.39 Å². The number of hydrogen-bond acceptors (Lipinski definition) is 5. The molecule has 0 bridgehead atoms. The molecule has 3 N–H and O–H groups in total. The number of benzene rings is 1. The van der Waals surface area contributed by atoms with Gasteiger partial charge in [-0.1, -0.05) is 12.1 Å². The molecule has 0 saturated carbocycles. The van der Waals surface area contributed by atoms with Crippen molar-refractivity contribution in [1.29, 1.82) is 0 Å². The topological polar surface area (TPSA) is 67.1 Å². The van der Waals surface area contributed by atoms with E-state index in [1.54, 1.807) is 19.2 Å². The maximum Gasteiger partial charge on any atom is 0.223 e. The van der Waals surface area contributed by atoms with E-state index in [2.05, 4.69) is 15.3 Å². The summed E-state index contributed by atoms with van der Waals surface area (Å²) in [5.41, 5.74) is 6.51. The number of nitrogen functional groups attached to an aromatic ring is 1. The predicted molar refractivity (Wildman–Crippen MR) is 74.5 cm³/mol. The molecule has 5 nitrogen and oxygen atoms in total. The molecule has 0 aliphatic carbocycles. The zero-order chi connectivity index (χ0) is 13.8. The lowest BCUT2D eigenvalue weighted by molar-refractivity contribution is 0.625. The van der Waals surface area contributed by atoms with E-state index in [0.717, 1.165) is 5.56 Å². The van der Waals surface area contributed by atoms with Gasteiger partial charge in [-0.05, 0) is 17.7 Å². The van der Waals surface area contributed by atoms with Crippen molar-refractivity contribution in [2.45, 2.75) is 6.54 Å². The molecule has 0 amide bonds. The summed E-state index contributed by atoms with van der Waals surface area (Å²) < 4.78 is 13.1. The van der Waals surface area contributed by atoms with Crippen LogP contribution in [0.25, 0.3) is 0 Å². The Hall–Kier alpha value is -2.37. The molecule has 0 fully saturated rings. The Balaban J connectivity index is 2.20. The van der Waals surface area contributed by atoms with Crippen molar-refractivity contribution in [3.8, 4) is 0 Å². The molecule has 0 radical (unpaired) electrons.